The molecule has 0 saturated heterocycles. The van der Waals surface area contributed by atoms with Crippen LogP contribution in [0.5, 0.6) is 0 Å². The minimum absolute atomic E-state index is 0.0903. The molecule has 2 nitrogen and oxygen atoms in total. The zero-order valence-electron chi connectivity index (χ0n) is 4.79. The van der Waals surface area contributed by atoms with Crippen LogP contribution in [0.1, 0.15) is 0 Å². The Kier molecular flexibility index (Phi) is 1.24. The van der Waals surface area contributed by atoms with E-state index in [2.05, 4.69) is 0 Å². The number of likely N-dealkylation sites (N-methyl/N-ethyl adjacent to an activating group) is 1. The molecule has 0 saturated carbocycles. The van der Waals surface area contributed by atoms with Crippen LogP contribution in [0.15, 0.2) is 24.1 Å². The van der Waals surface area contributed by atoms with Crippen molar-refractivity contribution < 1.29 is 5.11 Å². The topological polar surface area (TPSA) is 23.1 Å². The molecule has 1 heterocycles. The van der Waals surface area contributed by atoms with Crippen LogP contribution in [0.3, 0.4) is 0 Å². The molecule has 0 unspecified atom stereocenters. The monoisotopic (exact) mass is 110 g/mol. The van der Waals surface area contributed by atoms with E-state index >= 15 is 0 Å². The lowest BCUT2D eigenvalue weighted by Gasteiger charge is -2.14. The van der Waals surface area contributed by atoms with Gasteiger partial charge in [-0.2, -0.15) is 0 Å². The normalized spacial score (nSPS) is 18.6. The zero-order valence-corrected chi connectivity index (χ0v) is 4.79. The predicted molar refractivity (Wildman–Crippen MR) is 30.5 cm³/mol. The molecule has 1 rings (SSSR count). The van der Waals surface area contributed by atoms with Gasteiger partial charge in [0.25, 0.3) is 0 Å². The third kappa shape index (κ3) is 0.832. The van der Waals surface area contributed by atoms with E-state index < -0.39 is 0 Å². The van der Waals surface area contributed by atoms with Crippen LogP contribution in [0, 0.1) is 0 Å². The second kappa shape index (κ2) is 1.90. The van der Waals surface area contributed by atoms with Crippen LogP contribution in [0.25, 0.3) is 0 Å². The van der Waals surface area contributed by atoms with Crippen molar-refractivity contribution in [2.24, 2.45) is 0 Å². The smallest absolute Gasteiger partial charge is 0.246 e. The molecule has 1 aliphatic rings. The average molecular weight is 110 g/mol. The van der Waals surface area contributed by atoms with Gasteiger partial charge in [0.15, 0.2) is 0 Å². The van der Waals surface area contributed by atoms with E-state index in [0.717, 1.165) is 6.54 Å². The Morgan fingerprint density at radius 1 is 1.75 bits per heavy atom. The summed E-state index contributed by atoms with van der Waals surface area (Å²) in [5, 5.41) is 10.6. The van der Waals surface area contributed by atoms with E-state index in [1.165, 1.54) is 0 Å². The Bertz CT molecular complexity index is 137. The summed E-state index contributed by atoms with van der Waals surface area (Å²) in [5.41, 5.74) is 0. The number of hydrogen-bond acceptors (Lipinski definition) is 1. The molecule has 0 aromatic rings. The van der Waals surface area contributed by atoms with Gasteiger partial charge in [-0.1, -0.05) is 12.2 Å². The van der Waals surface area contributed by atoms with Crippen molar-refractivity contribution in [1.29, 1.82) is 0 Å². The highest BCUT2D eigenvalue weighted by Crippen LogP contribution is 2.02. The summed E-state index contributed by atoms with van der Waals surface area (Å²) in [6, 6.07) is 0. The fourth-order valence-corrected chi connectivity index (χ4v) is 0.587. The second-order valence-electron chi connectivity index (χ2n) is 1.81. The highest BCUT2D eigenvalue weighted by Gasteiger charge is 2.02. The van der Waals surface area contributed by atoms with Crippen molar-refractivity contribution in [3.8, 4) is 0 Å². The van der Waals surface area contributed by atoms with Crippen LogP contribution in [0.2, 0.25) is 0 Å². The van der Waals surface area contributed by atoms with Crippen molar-refractivity contribution in [2.75, 3.05) is 13.6 Å². The molecule has 1 aliphatic heterocycles. The Morgan fingerprint density at radius 3 is 2.88 bits per heavy atom. The minimum atomic E-state index is 0.0903. The quantitative estimate of drug-likeness (QED) is 0.451. The largest absolute Gasteiger partial charge is 0.338 e. The number of hydrogen-bond donors (Lipinski definition) is 0. The lowest BCUT2D eigenvalue weighted by atomic mass is 10.3. The molecule has 0 aromatic carbocycles. The summed E-state index contributed by atoms with van der Waals surface area (Å²) >= 11 is 0. The van der Waals surface area contributed by atoms with Gasteiger partial charge in [0.2, 0.25) is 5.88 Å². The fourth-order valence-electron chi connectivity index (χ4n) is 0.587. The van der Waals surface area contributed by atoms with Crippen LogP contribution in [-0.2, 0) is 5.11 Å². The number of nitrogens with zero attached hydrogens (tertiary/aromatic N) is 1. The minimum Gasteiger partial charge on any atom is -0.338 e. The number of rotatable bonds is 0. The molecule has 0 amide bonds. The van der Waals surface area contributed by atoms with Crippen molar-refractivity contribution in [3.63, 3.8) is 0 Å². The first-order chi connectivity index (χ1) is 3.80. The first kappa shape index (κ1) is 5.22. The summed E-state index contributed by atoms with van der Waals surface area (Å²) < 4.78 is 0. The van der Waals surface area contributed by atoms with Crippen LogP contribution >= 0.6 is 0 Å². The maximum Gasteiger partial charge on any atom is 0.246 e. The van der Waals surface area contributed by atoms with Gasteiger partial charge in [-0.25, -0.2) is 0 Å². The summed E-state index contributed by atoms with van der Waals surface area (Å²) in [6.45, 7) is 0.745. The molecule has 43 valence electrons. The molecule has 8 heavy (non-hydrogen) atoms. The van der Waals surface area contributed by atoms with Gasteiger partial charge >= 0.3 is 0 Å². The lowest BCUT2D eigenvalue weighted by molar-refractivity contribution is 0.176. The third-order valence-corrected chi connectivity index (χ3v) is 1.13. The van der Waals surface area contributed by atoms with Gasteiger partial charge in [0.1, 0.15) is 0 Å². The van der Waals surface area contributed by atoms with Crippen LogP contribution < -0.4 is 0 Å². The van der Waals surface area contributed by atoms with Crippen molar-refractivity contribution in [3.05, 3.63) is 24.1 Å². The van der Waals surface area contributed by atoms with Crippen LogP contribution in [-0.4, -0.2) is 18.5 Å². The van der Waals surface area contributed by atoms with Gasteiger partial charge in [-0.15, -0.1) is 0 Å². The Hall–Kier alpha value is -0.920. The van der Waals surface area contributed by atoms with Crippen molar-refractivity contribution in [1.82, 2.24) is 4.90 Å². The summed E-state index contributed by atoms with van der Waals surface area (Å²) in [5.74, 6) is 0.0903. The maximum atomic E-state index is 10.6. The summed E-state index contributed by atoms with van der Waals surface area (Å²) in [6.07, 6.45) is 5.28. The number of allylic oxidation sites excluding steroid dienone is 2. The van der Waals surface area contributed by atoms with E-state index in [4.69, 9.17) is 0 Å². The van der Waals surface area contributed by atoms with Crippen molar-refractivity contribution in [2.45, 2.75) is 0 Å². The van der Waals surface area contributed by atoms with Gasteiger partial charge in [-0.3, -0.25) is 5.11 Å². The average Bonchev–Trinajstić information content (AvgIpc) is 1.77. The fraction of sp³-hybridized carbons (Fsp3) is 0.333. The zero-order chi connectivity index (χ0) is 5.98. The summed E-state index contributed by atoms with van der Waals surface area (Å²) in [4.78, 5) is 1.65. The maximum absolute atomic E-state index is 10.6. The molecule has 0 atom stereocenters. The Morgan fingerprint density at radius 2 is 2.50 bits per heavy atom. The molecule has 1 radical (unpaired) electrons. The molecule has 0 bridgehead atoms. The molecular formula is C6H8NO. The molecule has 0 aromatic heterocycles. The molecular weight excluding hydrogens is 102 g/mol. The third-order valence-electron chi connectivity index (χ3n) is 1.13. The predicted octanol–water partition coefficient (Wildman–Crippen LogP) is 0.760. The standard InChI is InChI=1S/C6H8NO/c1-7-5-3-2-4-6(7)8/h2-4H,5H2,1H3. The van der Waals surface area contributed by atoms with Gasteiger partial charge < -0.3 is 4.90 Å². The molecule has 0 aliphatic carbocycles. The summed E-state index contributed by atoms with van der Waals surface area (Å²) in [7, 11) is 1.78. The van der Waals surface area contributed by atoms with E-state index in [-0.39, 0.29) is 5.88 Å². The van der Waals surface area contributed by atoms with Gasteiger partial charge in [0.05, 0.1) is 0 Å². The van der Waals surface area contributed by atoms with E-state index in [1.54, 1.807) is 24.1 Å². The van der Waals surface area contributed by atoms with Crippen molar-refractivity contribution >= 4 is 0 Å². The first-order valence-electron chi connectivity index (χ1n) is 2.55. The first-order valence-corrected chi connectivity index (χ1v) is 2.55. The Balaban J connectivity index is 2.66. The van der Waals surface area contributed by atoms with Gasteiger partial charge in [0, 0.05) is 19.7 Å². The highest BCUT2D eigenvalue weighted by molar-refractivity contribution is 5.11. The molecule has 2 heteroatoms. The van der Waals surface area contributed by atoms with Crippen LogP contribution in [0.4, 0.5) is 0 Å². The molecule has 0 spiro atoms. The molecule has 0 N–H and O–H groups in total. The highest BCUT2D eigenvalue weighted by atomic mass is 16.3. The van der Waals surface area contributed by atoms with E-state index in [1.807, 2.05) is 6.08 Å². The van der Waals surface area contributed by atoms with E-state index in [9.17, 15) is 5.11 Å². The van der Waals surface area contributed by atoms with Gasteiger partial charge in [-0.05, 0) is 0 Å². The Labute approximate surface area is 48.7 Å². The SMILES string of the molecule is CN1CC=CC=C1[O]. The van der Waals surface area contributed by atoms with E-state index in [0.29, 0.717) is 0 Å². The molecule has 0 fully saturated rings. The second-order valence-corrected chi connectivity index (χ2v) is 1.81. The lowest BCUT2D eigenvalue weighted by Crippen LogP contribution is -2.18.